The number of benzene rings is 2. The van der Waals surface area contributed by atoms with E-state index in [1.807, 2.05) is 49.4 Å². The van der Waals surface area contributed by atoms with E-state index in [1.165, 1.54) is 6.26 Å². The van der Waals surface area contributed by atoms with Crippen LogP contribution in [0.3, 0.4) is 0 Å². The van der Waals surface area contributed by atoms with Gasteiger partial charge < -0.3 is 5.32 Å². The zero-order valence-corrected chi connectivity index (χ0v) is 14.3. The molecule has 22 heavy (non-hydrogen) atoms. The molecule has 0 unspecified atom stereocenters. The number of nitrogens with one attached hydrogen (secondary N) is 1. The Morgan fingerprint density at radius 1 is 1.00 bits per heavy atom. The average Bonchev–Trinajstić information content (AvgIpc) is 2.41. The molecule has 0 aliphatic carbocycles. The first-order valence-electron chi connectivity index (χ1n) is 7.05. The third kappa shape index (κ3) is 5.44. The van der Waals surface area contributed by atoms with Gasteiger partial charge in [0, 0.05) is 24.4 Å². The third-order valence-corrected chi connectivity index (χ3v) is 4.58. The second kappa shape index (κ2) is 7.27. The first-order chi connectivity index (χ1) is 10.3. The van der Waals surface area contributed by atoms with Crippen molar-refractivity contribution in [2.24, 2.45) is 0 Å². The average molecular weight is 338 g/mol. The van der Waals surface area contributed by atoms with E-state index in [1.54, 1.807) is 0 Å². The van der Waals surface area contributed by atoms with Gasteiger partial charge in [0.05, 0.1) is 5.75 Å². The normalized spacial score (nSPS) is 11.6. The fraction of sp³-hybridized carbons (Fsp3) is 0.294. The molecule has 0 aromatic heterocycles. The Morgan fingerprint density at radius 3 is 2.27 bits per heavy atom. The van der Waals surface area contributed by atoms with E-state index in [0.717, 1.165) is 33.8 Å². The van der Waals surface area contributed by atoms with Gasteiger partial charge in [-0.15, -0.1) is 0 Å². The molecule has 2 aromatic carbocycles. The van der Waals surface area contributed by atoms with Crippen molar-refractivity contribution < 1.29 is 8.42 Å². The zero-order chi connectivity index (χ0) is 16.2. The van der Waals surface area contributed by atoms with E-state index in [2.05, 4.69) is 5.32 Å². The van der Waals surface area contributed by atoms with Gasteiger partial charge in [-0.05, 0) is 35.2 Å². The predicted molar refractivity (Wildman–Crippen MR) is 91.7 cm³/mol. The van der Waals surface area contributed by atoms with Crippen LogP contribution in [0.2, 0.25) is 5.02 Å². The first-order valence-corrected chi connectivity index (χ1v) is 9.48. The molecule has 2 rings (SSSR count). The molecule has 0 bridgehead atoms. The van der Waals surface area contributed by atoms with Gasteiger partial charge in [-0.3, -0.25) is 0 Å². The Morgan fingerprint density at radius 2 is 1.64 bits per heavy atom. The molecule has 0 radical (unpaired) electrons. The van der Waals surface area contributed by atoms with E-state index in [4.69, 9.17) is 11.6 Å². The lowest BCUT2D eigenvalue weighted by molar-refractivity contribution is 0.601. The molecule has 3 nitrogen and oxygen atoms in total. The highest BCUT2D eigenvalue weighted by Crippen LogP contribution is 2.16. The largest absolute Gasteiger partial charge is 0.309 e. The Balaban J connectivity index is 1.94. The summed E-state index contributed by atoms with van der Waals surface area (Å²) in [5.41, 5.74) is 4.08. The molecule has 118 valence electrons. The van der Waals surface area contributed by atoms with Crippen LogP contribution in [0.1, 0.15) is 22.3 Å². The second-order valence-corrected chi connectivity index (χ2v) is 8.12. The molecular formula is C17H20ClNO2S. The molecule has 0 saturated heterocycles. The molecule has 0 amide bonds. The Kier molecular flexibility index (Phi) is 5.62. The van der Waals surface area contributed by atoms with E-state index < -0.39 is 9.84 Å². The lowest BCUT2D eigenvalue weighted by atomic mass is 10.1. The fourth-order valence-corrected chi connectivity index (χ4v) is 3.22. The molecule has 1 N–H and O–H groups in total. The summed E-state index contributed by atoms with van der Waals surface area (Å²) in [7, 11) is -3.00. The number of aryl methyl sites for hydroxylation is 1. The Labute approximate surface area is 137 Å². The van der Waals surface area contributed by atoms with E-state index in [-0.39, 0.29) is 5.75 Å². The van der Waals surface area contributed by atoms with E-state index in [0.29, 0.717) is 6.54 Å². The monoisotopic (exact) mass is 337 g/mol. The van der Waals surface area contributed by atoms with Crippen molar-refractivity contribution in [3.05, 3.63) is 69.7 Å². The van der Waals surface area contributed by atoms with Crippen molar-refractivity contribution in [3.63, 3.8) is 0 Å². The topological polar surface area (TPSA) is 46.2 Å². The van der Waals surface area contributed by atoms with Crippen LogP contribution in [0.15, 0.2) is 42.5 Å². The van der Waals surface area contributed by atoms with Crippen LogP contribution in [0.25, 0.3) is 0 Å². The summed E-state index contributed by atoms with van der Waals surface area (Å²) < 4.78 is 22.7. The molecule has 0 fully saturated rings. The SMILES string of the molecule is Cc1ccc(CNCc2cccc(CS(C)(=O)=O)c2)cc1Cl. The molecule has 0 spiro atoms. The van der Waals surface area contributed by atoms with Crippen molar-refractivity contribution in [1.29, 1.82) is 0 Å². The summed E-state index contributed by atoms with van der Waals surface area (Å²) in [5.74, 6) is 0.0778. The van der Waals surface area contributed by atoms with Gasteiger partial charge in [-0.2, -0.15) is 0 Å². The van der Waals surface area contributed by atoms with Crippen LogP contribution in [0.5, 0.6) is 0 Å². The lowest BCUT2D eigenvalue weighted by Gasteiger charge is -2.08. The molecule has 0 atom stereocenters. The van der Waals surface area contributed by atoms with Crippen molar-refractivity contribution in [2.75, 3.05) is 6.26 Å². The summed E-state index contributed by atoms with van der Waals surface area (Å²) in [6, 6.07) is 13.7. The quantitative estimate of drug-likeness (QED) is 0.877. The minimum absolute atomic E-state index is 0.0778. The number of hydrogen-bond acceptors (Lipinski definition) is 3. The number of halogens is 1. The summed E-state index contributed by atoms with van der Waals surface area (Å²) in [5, 5.41) is 4.12. The fourth-order valence-electron chi connectivity index (χ4n) is 2.23. The van der Waals surface area contributed by atoms with Gasteiger partial charge >= 0.3 is 0 Å². The Hall–Kier alpha value is -1.36. The maximum absolute atomic E-state index is 11.3. The summed E-state index contributed by atoms with van der Waals surface area (Å²) >= 11 is 6.11. The second-order valence-electron chi connectivity index (χ2n) is 5.58. The lowest BCUT2D eigenvalue weighted by Crippen LogP contribution is -2.13. The van der Waals surface area contributed by atoms with Crippen LogP contribution in [-0.4, -0.2) is 14.7 Å². The zero-order valence-electron chi connectivity index (χ0n) is 12.8. The van der Waals surface area contributed by atoms with Gasteiger partial charge in [-0.25, -0.2) is 8.42 Å². The number of hydrogen-bond donors (Lipinski definition) is 1. The molecule has 0 saturated carbocycles. The van der Waals surface area contributed by atoms with Crippen LogP contribution in [0.4, 0.5) is 0 Å². The predicted octanol–water partition coefficient (Wildman–Crippen LogP) is 3.48. The molecule has 0 aliphatic rings. The molecule has 2 aromatic rings. The minimum atomic E-state index is -3.00. The van der Waals surface area contributed by atoms with Gasteiger partial charge in [0.25, 0.3) is 0 Å². The van der Waals surface area contributed by atoms with Crippen LogP contribution in [-0.2, 0) is 28.7 Å². The smallest absolute Gasteiger partial charge is 0.151 e. The minimum Gasteiger partial charge on any atom is -0.309 e. The molecular weight excluding hydrogens is 318 g/mol. The van der Waals surface area contributed by atoms with Crippen molar-refractivity contribution in [2.45, 2.75) is 25.8 Å². The first kappa shape index (κ1) is 17.0. The highest BCUT2D eigenvalue weighted by atomic mass is 35.5. The molecule has 5 heteroatoms. The van der Waals surface area contributed by atoms with Gasteiger partial charge in [0.1, 0.15) is 0 Å². The van der Waals surface area contributed by atoms with E-state index >= 15 is 0 Å². The molecule has 0 heterocycles. The van der Waals surface area contributed by atoms with Gasteiger partial charge in [0.15, 0.2) is 9.84 Å². The third-order valence-electron chi connectivity index (χ3n) is 3.31. The van der Waals surface area contributed by atoms with E-state index in [9.17, 15) is 8.42 Å². The van der Waals surface area contributed by atoms with Crippen LogP contribution >= 0.6 is 11.6 Å². The van der Waals surface area contributed by atoms with Crippen LogP contribution in [0, 0.1) is 6.92 Å². The van der Waals surface area contributed by atoms with Crippen molar-refractivity contribution in [1.82, 2.24) is 5.32 Å². The summed E-state index contributed by atoms with van der Waals surface area (Å²) in [6.45, 7) is 3.38. The maximum atomic E-state index is 11.3. The molecule has 0 aliphatic heterocycles. The van der Waals surface area contributed by atoms with Crippen molar-refractivity contribution >= 4 is 21.4 Å². The Bertz CT molecular complexity index is 757. The highest BCUT2D eigenvalue weighted by Gasteiger charge is 2.05. The van der Waals surface area contributed by atoms with Gasteiger partial charge in [-0.1, -0.05) is 48.0 Å². The van der Waals surface area contributed by atoms with Crippen LogP contribution < -0.4 is 5.32 Å². The number of sulfone groups is 1. The number of rotatable bonds is 6. The maximum Gasteiger partial charge on any atom is 0.151 e. The standard InChI is InChI=1S/C17H20ClNO2S/c1-13-6-7-15(9-17(13)18)11-19-10-14-4-3-5-16(8-14)12-22(2,20)21/h3-9,19H,10-12H2,1-2H3. The summed E-state index contributed by atoms with van der Waals surface area (Å²) in [6.07, 6.45) is 1.25. The highest BCUT2D eigenvalue weighted by molar-refractivity contribution is 7.89. The summed E-state index contributed by atoms with van der Waals surface area (Å²) in [4.78, 5) is 0. The van der Waals surface area contributed by atoms with Crippen molar-refractivity contribution in [3.8, 4) is 0 Å². The van der Waals surface area contributed by atoms with Gasteiger partial charge in [0.2, 0.25) is 0 Å².